The zero-order valence-electron chi connectivity index (χ0n) is 14.1. The molecule has 1 N–H and O–H groups in total. The predicted molar refractivity (Wildman–Crippen MR) is 98.8 cm³/mol. The van der Waals surface area contributed by atoms with E-state index >= 15 is 0 Å². The monoisotopic (exact) mass is 346 g/mol. The number of pyridine rings is 1. The van der Waals surface area contributed by atoms with Gasteiger partial charge < -0.3 is 10.1 Å². The maximum atomic E-state index is 12.1. The van der Waals surface area contributed by atoms with Crippen LogP contribution >= 0.6 is 0 Å². The van der Waals surface area contributed by atoms with E-state index in [-0.39, 0.29) is 12.3 Å². The van der Waals surface area contributed by atoms with Gasteiger partial charge in [-0.3, -0.25) is 4.79 Å². The van der Waals surface area contributed by atoms with Crippen molar-refractivity contribution in [2.24, 2.45) is 0 Å². The van der Waals surface area contributed by atoms with Gasteiger partial charge in [-0.15, -0.1) is 0 Å². The van der Waals surface area contributed by atoms with Crippen LogP contribution in [0.1, 0.15) is 21.6 Å². The second-order valence-corrected chi connectivity index (χ2v) is 5.66. The molecule has 0 aliphatic rings. The molecule has 0 bridgehead atoms. The summed E-state index contributed by atoms with van der Waals surface area (Å²) in [6, 6.07) is 22.5. The van der Waals surface area contributed by atoms with E-state index in [1.54, 1.807) is 12.1 Å². The quantitative estimate of drug-likeness (QED) is 0.694. The Labute approximate surface area is 151 Å². The number of rotatable bonds is 6. The number of hydrogen-bond acceptors (Lipinski definition) is 4. The highest BCUT2D eigenvalue weighted by Crippen LogP contribution is 2.19. The van der Waals surface area contributed by atoms with Gasteiger partial charge in [0.2, 0.25) is 0 Å². The third kappa shape index (κ3) is 4.77. The van der Waals surface area contributed by atoms with E-state index in [9.17, 15) is 9.59 Å². The van der Waals surface area contributed by atoms with E-state index in [0.29, 0.717) is 12.1 Å². The largest absolute Gasteiger partial charge is 0.451 e. The molecule has 0 radical (unpaired) electrons. The van der Waals surface area contributed by atoms with Crippen LogP contribution in [0, 0.1) is 0 Å². The molecule has 0 aliphatic heterocycles. The molecule has 0 fully saturated rings. The highest BCUT2D eigenvalue weighted by atomic mass is 16.5. The number of esters is 1. The number of hydrogen-bond donors (Lipinski definition) is 1. The van der Waals surface area contributed by atoms with Crippen molar-refractivity contribution >= 4 is 17.6 Å². The number of anilines is 1. The Kier molecular flexibility index (Phi) is 5.72. The molecule has 26 heavy (non-hydrogen) atoms. The maximum Gasteiger partial charge on any atom is 0.357 e. The SMILES string of the molecule is O=C(COC(=O)c1ccccn1)Nc1ccccc1Cc1ccccc1. The van der Waals surface area contributed by atoms with Crippen LogP contribution in [0.3, 0.4) is 0 Å². The van der Waals surface area contributed by atoms with Crippen molar-refractivity contribution in [2.75, 3.05) is 11.9 Å². The summed E-state index contributed by atoms with van der Waals surface area (Å²) in [4.78, 5) is 27.9. The Morgan fingerprint density at radius 2 is 1.62 bits per heavy atom. The molecule has 0 saturated carbocycles. The smallest absolute Gasteiger partial charge is 0.357 e. The number of ether oxygens (including phenoxy) is 1. The van der Waals surface area contributed by atoms with E-state index in [2.05, 4.69) is 10.3 Å². The Hall–Kier alpha value is -3.47. The first-order chi connectivity index (χ1) is 12.7. The molecule has 0 spiro atoms. The molecule has 0 aliphatic carbocycles. The lowest BCUT2D eigenvalue weighted by Gasteiger charge is -2.11. The van der Waals surface area contributed by atoms with Gasteiger partial charge in [0.25, 0.3) is 5.91 Å². The van der Waals surface area contributed by atoms with Crippen molar-refractivity contribution < 1.29 is 14.3 Å². The van der Waals surface area contributed by atoms with Gasteiger partial charge in [0, 0.05) is 11.9 Å². The second-order valence-electron chi connectivity index (χ2n) is 5.66. The molecule has 5 nitrogen and oxygen atoms in total. The van der Waals surface area contributed by atoms with Crippen LogP contribution in [0.2, 0.25) is 0 Å². The molecule has 1 aromatic heterocycles. The minimum absolute atomic E-state index is 0.171. The lowest BCUT2D eigenvalue weighted by Crippen LogP contribution is -2.22. The predicted octanol–water partition coefficient (Wildman–Crippen LogP) is 3.47. The minimum atomic E-state index is -0.627. The van der Waals surface area contributed by atoms with E-state index < -0.39 is 11.9 Å². The van der Waals surface area contributed by atoms with Crippen LogP contribution in [-0.2, 0) is 16.0 Å². The molecule has 2 aromatic carbocycles. The summed E-state index contributed by atoms with van der Waals surface area (Å²) in [6.45, 7) is -0.366. The van der Waals surface area contributed by atoms with Gasteiger partial charge in [0.15, 0.2) is 6.61 Å². The summed E-state index contributed by atoms with van der Waals surface area (Å²) in [6.07, 6.45) is 2.20. The zero-order valence-corrected chi connectivity index (χ0v) is 14.1. The third-order valence-electron chi connectivity index (χ3n) is 3.74. The molecular formula is C21H18N2O3. The number of carbonyl (C=O) groups excluding carboxylic acids is 2. The van der Waals surface area contributed by atoms with Crippen molar-refractivity contribution in [3.8, 4) is 0 Å². The normalized spacial score (nSPS) is 10.2. The number of carbonyl (C=O) groups is 2. The van der Waals surface area contributed by atoms with Crippen molar-refractivity contribution in [2.45, 2.75) is 6.42 Å². The van der Waals surface area contributed by atoms with Crippen LogP contribution in [-0.4, -0.2) is 23.5 Å². The average Bonchev–Trinajstić information content (AvgIpc) is 2.69. The van der Waals surface area contributed by atoms with Crippen molar-refractivity contribution in [1.29, 1.82) is 0 Å². The first-order valence-electron chi connectivity index (χ1n) is 8.22. The number of nitrogens with zero attached hydrogens (tertiary/aromatic N) is 1. The molecule has 5 heteroatoms. The second kappa shape index (κ2) is 8.58. The molecule has 0 saturated heterocycles. The summed E-state index contributed by atoms with van der Waals surface area (Å²) in [5, 5.41) is 2.80. The highest BCUT2D eigenvalue weighted by Gasteiger charge is 2.12. The fourth-order valence-corrected chi connectivity index (χ4v) is 2.49. The van der Waals surface area contributed by atoms with E-state index in [1.807, 2.05) is 54.6 Å². The van der Waals surface area contributed by atoms with Crippen LogP contribution < -0.4 is 5.32 Å². The first kappa shape index (κ1) is 17.4. The lowest BCUT2D eigenvalue weighted by molar-refractivity contribution is -0.119. The number of para-hydroxylation sites is 1. The summed E-state index contributed by atoms with van der Waals surface area (Å²) in [5.41, 5.74) is 3.01. The topological polar surface area (TPSA) is 68.3 Å². The van der Waals surface area contributed by atoms with Crippen LogP contribution in [0.25, 0.3) is 0 Å². The van der Waals surface area contributed by atoms with Crippen LogP contribution in [0.15, 0.2) is 79.0 Å². The van der Waals surface area contributed by atoms with Crippen LogP contribution in [0.4, 0.5) is 5.69 Å². The van der Waals surface area contributed by atoms with Gasteiger partial charge in [-0.25, -0.2) is 9.78 Å². The Balaban J connectivity index is 1.60. The summed E-state index contributed by atoms with van der Waals surface area (Å²) in [5.74, 6) is -1.02. The third-order valence-corrected chi connectivity index (χ3v) is 3.74. The minimum Gasteiger partial charge on any atom is -0.451 e. The molecule has 0 unspecified atom stereocenters. The summed E-state index contributed by atoms with van der Waals surface area (Å²) < 4.78 is 5.01. The fraction of sp³-hybridized carbons (Fsp3) is 0.0952. The van der Waals surface area contributed by atoms with Crippen molar-refractivity contribution in [3.63, 3.8) is 0 Å². The lowest BCUT2D eigenvalue weighted by atomic mass is 10.0. The van der Waals surface area contributed by atoms with E-state index in [4.69, 9.17) is 4.74 Å². The molecular weight excluding hydrogens is 328 g/mol. The van der Waals surface area contributed by atoms with Gasteiger partial charge in [0.05, 0.1) is 0 Å². The van der Waals surface area contributed by atoms with Gasteiger partial charge in [-0.05, 0) is 35.7 Å². The first-order valence-corrected chi connectivity index (χ1v) is 8.22. The van der Waals surface area contributed by atoms with E-state index in [1.165, 1.54) is 12.3 Å². The van der Waals surface area contributed by atoms with Gasteiger partial charge in [-0.2, -0.15) is 0 Å². The molecule has 1 amide bonds. The molecule has 1 heterocycles. The number of amides is 1. The zero-order chi connectivity index (χ0) is 18.2. The van der Waals surface area contributed by atoms with Gasteiger partial charge in [0.1, 0.15) is 5.69 Å². The van der Waals surface area contributed by atoms with Gasteiger partial charge in [-0.1, -0.05) is 54.6 Å². The Morgan fingerprint density at radius 1 is 0.885 bits per heavy atom. The van der Waals surface area contributed by atoms with Crippen LogP contribution in [0.5, 0.6) is 0 Å². The molecule has 3 aromatic rings. The Morgan fingerprint density at radius 3 is 2.38 bits per heavy atom. The summed E-state index contributed by atoms with van der Waals surface area (Å²) in [7, 11) is 0. The number of aromatic nitrogens is 1. The summed E-state index contributed by atoms with van der Waals surface area (Å²) >= 11 is 0. The highest BCUT2D eigenvalue weighted by molar-refractivity contribution is 5.95. The molecule has 3 rings (SSSR count). The number of benzene rings is 2. The molecule has 0 atom stereocenters. The fourth-order valence-electron chi connectivity index (χ4n) is 2.49. The van der Waals surface area contributed by atoms with E-state index in [0.717, 1.165) is 11.1 Å². The van der Waals surface area contributed by atoms with Crippen molar-refractivity contribution in [1.82, 2.24) is 4.98 Å². The molecule has 130 valence electrons. The maximum absolute atomic E-state index is 12.1. The Bertz CT molecular complexity index is 880. The standard InChI is InChI=1S/C21H18N2O3/c24-20(15-26-21(25)19-12-6-7-13-22-19)23-18-11-5-4-10-17(18)14-16-8-2-1-3-9-16/h1-13H,14-15H2,(H,23,24). The average molecular weight is 346 g/mol. The van der Waals surface area contributed by atoms with Gasteiger partial charge >= 0.3 is 5.97 Å². The van der Waals surface area contributed by atoms with Crippen molar-refractivity contribution in [3.05, 3.63) is 95.8 Å². The number of nitrogens with one attached hydrogen (secondary N) is 1.